The smallest absolute Gasteiger partial charge is 0.462 e. The number of rotatable bonds is 68. The van der Waals surface area contributed by atoms with Gasteiger partial charge in [-0.15, -0.1) is 0 Å². The highest BCUT2D eigenvalue weighted by molar-refractivity contribution is 7.47. The van der Waals surface area contributed by atoms with Crippen molar-refractivity contribution in [3.05, 3.63) is 207 Å². The highest BCUT2D eigenvalue weighted by Gasteiger charge is 2.26. The van der Waals surface area contributed by atoms with Crippen molar-refractivity contribution in [1.29, 1.82) is 0 Å². The standard InChI is InChI=1S/C85H136NO8P/c1-3-5-7-9-11-13-15-17-19-21-23-25-27-29-31-33-35-37-39-41-43-45-47-49-51-53-55-57-59-61-63-65-67-69-71-73-75-77-84(87)91-81-83(82-93-95(89,90)92-80-79-86)94-85(88)78-76-74-72-70-68-66-64-62-60-58-56-54-52-50-48-46-44-42-40-38-36-34-32-30-28-26-24-22-20-18-16-14-12-10-8-6-4-2/h5-8,11-14,17-20,23-26,29-32,35-38,41-44,47-50,54,56,83H,3-4,9-10,15-16,21-22,27-28,33-34,39-40,45-46,51-53,55,57-82,86H2,1-2H3,(H,89,90)/b7-5-,8-6-,13-11-,14-12-,19-17-,20-18-,25-23-,26-24-,31-29-,32-30-,37-35-,38-36-,43-41-,44-42-,49-47-,50-48-,56-54-. The molecule has 0 saturated carbocycles. The van der Waals surface area contributed by atoms with Crippen LogP contribution < -0.4 is 5.73 Å². The van der Waals surface area contributed by atoms with Crippen molar-refractivity contribution < 1.29 is 37.6 Å². The highest BCUT2D eigenvalue weighted by atomic mass is 31.2. The van der Waals surface area contributed by atoms with E-state index in [2.05, 4.69) is 220 Å². The number of hydrogen-bond acceptors (Lipinski definition) is 8. The molecule has 0 amide bonds. The first-order valence-corrected chi connectivity index (χ1v) is 39.1. The van der Waals surface area contributed by atoms with Gasteiger partial charge >= 0.3 is 19.8 Å². The predicted molar refractivity (Wildman–Crippen MR) is 412 cm³/mol. The second-order valence-corrected chi connectivity index (χ2v) is 25.5. The van der Waals surface area contributed by atoms with E-state index in [-0.39, 0.29) is 32.6 Å². The lowest BCUT2D eigenvalue weighted by atomic mass is 10.0. The van der Waals surface area contributed by atoms with Crippen LogP contribution in [-0.4, -0.2) is 49.3 Å². The molecular formula is C85H136NO8P. The predicted octanol–water partition coefficient (Wildman–Crippen LogP) is 25.4. The summed E-state index contributed by atoms with van der Waals surface area (Å²) in [7, 11) is -4.41. The van der Waals surface area contributed by atoms with Gasteiger partial charge < -0.3 is 20.1 Å². The van der Waals surface area contributed by atoms with Gasteiger partial charge in [0.05, 0.1) is 13.2 Å². The molecule has 0 aromatic rings. The molecule has 0 aliphatic rings. The molecule has 95 heavy (non-hydrogen) atoms. The van der Waals surface area contributed by atoms with Crippen LogP contribution in [0.1, 0.15) is 284 Å². The maximum absolute atomic E-state index is 12.8. The Bertz CT molecular complexity index is 2320. The SMILES string of the molecule is CC/C=C\C/C=C\C/C=C\C/C=C\C/C=C\C/C=C\C/C=C\C/C=C\C/C=C\CCCCCCCCCCCC(=O)OC(COC(=O)CCCCCCCCCCCCCC/C=C\C/C=C\C/C=C\C/C=C\C/C=C\C/C=C\C/C=C\C/C=C\CC)COP(=O)(O)OCCN. The third-order valence-electron chi connectivity index (χ3n) is 15.2. The largest absolute Gasteiger partial charge is 0.472 e. The number of carbonyl (C=O) groups excluding carboxylic acids is 2. The van der Waals surface area contributed by atoms with Gasteiger partial charge in [-0.25, -0.2) is 4.57 Å². The fraction of sp³-hybridized carbons (Fsp3) is 0.576. The third-order valence-corrected chi connectivity index (χ3v) is 16.1. The molecule has 0 rings (SSSR count). The van der Waals surface area contributed by atoms with E-state index >= 15 is 0 Å². The fourth-order valence-corrected chi connectivity index (χ4v) is 10.5. The Kier molecular flexibility index (Phi) is 73.2. The first-order valence-electron chi connectivity index (χ1n) is 37.6. The van der Waals surface area contributed by atoms with Crippen molar-refractivity contribution in [2.75, 3.05) is 26.4 Å². The van der Waals surface area contributed by atoms with Gasteiger partial charge in [-0.05, 0) is 148 Å². The molecule has 0 aliphatic carbocycles. The molecule has 534 valence electrons. The topological polar surface area (TPSA) is 134 Å². The minimum atomic E-state index is -4.41. The van der Waals surface area contributed by atoms with Crippen molar-refractivity contribution >= 4 is 19.8 Å². The number of phosphoric ester groups is 1. The highest BCUT2D eigenvalue weighted by Crippen LogP contribution is 2.43. The summed E-state index contributed by atoms with van der Waals surface area (Å²) in [6.45, 7) is 3.50. The summed E-state index contributed by atoms with van der Waals surface area (Å²) >= 11 is 0. The Hall–Kier alpha value is -5.41. The normalized spacial score (nSPS) is 14.1. The molecule has 0 radical (unpaired) electrons. The van der Waals surface area contributed by atoms with Crippen molar-refractivity contribution in [2.24, 2.45) is 5.73 Å². The Morgan fingerprint density at radius 3 is 0.811 bits per heavy atom. The summed E-state index contributed by atoms with van der Waals surface area (Å²) in [5.41, 5.74) is 5.41. The Morgan fingerprint density at radius 1 is 0.316 bits per heavy atom. The average Bonchev–Trinajstić information content (AvgIpc) is 2.64. The van der Waals surface area contributed by atoms with Crippen LogP contribution >= 0.6 is 7.82 Å². The van der Waals surface area contributed by atoms with E-state index < -0.39 is 32.5 Å². The lowest BCUT2D eigenvalue weighted by Crippen LogP contribution is -2.29. The first kappa shape index (κ1) is 89.6. The number of ether oxygens (including phenoxy) is 2. The Balaban J connectivity index is 3.96. The fourth-order valence-electron chi connectivity index (χ4n) is 9.70. The summed E-state index contributed by atoms with van der Waals surface area (Å²) in [6, 6.07) is 0. The molecule has 2 atom stereocenters. The maximum atomic E-state index is 12.8. The number of phosphoric acid groups is 1. The van der Waals surface area contributed by atoms with Gasteiger partial charge in [0, 0.05) is 19.4 Å². The van der Waals surface area contributed by atoms with E-state index in [4.69, 9.17) is 24.3 Å². The first-order chi connectivity index (χ1) is 46.8. The van der Waals surface area contributed by atoms with Gasteiger partial charge in [-0.3, -0.25) is 18.6 Å². The number of unbranched alkanes of at least 4 members (excludes halogenated alkanes) is 21. The van der Waals surface area contributed by atoms with Crippen molar-refractivity contribution in [2.45, 2.75) is 290 Å². The van der Waals surface area contributed by atoms with E-state index in [0.29, 0.717) is 6.42 Å². The number of esters is 2. The zero-order valence-corrected chi connectivity index (χ0v) is 61.0. The summed E-state index contributed by atoms with van der Waals surface area (Å²) < 4.78 is 33.2. The maximum Gasteiger partial charge on any atom is 0.472 e. The van der Waals surface area contributed by atoms with Crippen LogP contribution in [0.3, 0.4) is 0 Å². The zero-order valence-electron chi connectivity index (χ0n) is 60.1. The van der Waals surface area contributed by atoms with Crippen LogP contribution in [0.4, 0.5) is 0 Å². The van der Waals surface area contributed by atoms with Crippen molar-refractivity contribution in [3.8, 4) is 0 Å². The van der Waals surface area contributed by atoms with Gasteiger partial charge in [0.25, 0.3) is 0 Å². The van der Waals surface area contributed by atoms with E-state index in [9.17, 15) is 19.0 Å². The average molecular weight is 1330 g/mol. The van der Waals surface area contributed by atoms with Crippen molar-refractivity contribution in [1.82, 2.24) is 0 Å². The quantitative estimate of drug-likeness (QED) is 0.0264. The molecule has 3 N–H and O–H groups in total. The van der Waals surface area contributed by atoms with Crippen LogP contribution in [0, 0.1) is 0 Å². The second kappa shape index (κ2) is 77.6. The summed E-state index contributed by atoms with van der Waals surface area (Å²) in [5, 5.41) is 0. The van der Waals surface area contributed by atoms with E-state index in [0.717, 1.165) is 161 Å². The molecule has 0 aliphatic heterocycles. The molecule has 0 saturated heterocycles. The molecule has 0 heterocycles. The van der Waals surface area contributed by atoms with E-state index in [1.165, 1.54) is 89.9 Å². The molecular weight excluding hydrogens is 1190 g/mol. The van der Waals surface area contributed by atoms with Gasteiger partial charge in [0.15, 0.2) is 6.10 Å². The van der Waals surface area contributed by atoms with E-state index in [1.807, 2.05) is 0 Å². The summed E-state index contributed by atoms with van der Waals surface area (Å²) in [4.78, 5) is 35.4. The lowest BCUT2D eigenvalue weighted by molar-refractivity contribution is -0.161. The summed E-state index contributed by atoms with van der Waals surface area (Å²) in [6.07, 6.45) is 119. The molecule has 2 unspecified atom stereocenters. The van der Waals surface area contributed by atoms with Gasteiger partial charge in [-0.1, -0.05) is 330 Å². The molecule has 0 bridgehead atoms. The van der Waals surface area contributed by atoms with Crippen molar-refractivity contribution in [3.63, 3.8) is 0 Å². The number of allylic oxidation sites excluding steroid dienone is 34. The molecule has 0 aromatic heterocycles. The zero-order chi connectivity index (χ0) is 68.6. The minimum absolute atomic E-state index is 0.0425. The number of carbonyl (C=O) groups is 2. The monoisotopic (exact) mass is 1330 g/mol. The number of nitrogens with two attached hydrogens (primary N) is 1. The lowest BCUT2D eigenvalue weighted by Gasteiger charge is -2.19. The van der Waals surface area contributed by atoms with Crippen LogP contribution in [0.15, 0.2) is 207 Å². The third kappa shape index (κ3) is 77.5. The van der Waals surface area contributed by atoms with Crippen LogP contribution in [-0.2, 0) is 32.7 Å². The molecule has 10 heteroatoms. The second-order valence-electron chi connectivity index (χ2n) is 24.0. The Morgan fingerprint density at radius 2 is 0.547 bits per heavy atom. The van der Waals surface area contributed by atoms with Gasteiger partial charge in [0.2, 0.25) is 0 Å². The van der Waals surface area contributed by atoms with Crippen LogP contribution in [0.25, 0.3) is 0 Å². The molecule has 9 nitrogen and oxygen atoms in total. The molecule has 0 fully saturated rings. The summed E-state index contributed by atoms with van der Waals surface area (Å²) in [5.74, 6) is -0.846. The van der Waals surface area contributed by atoms with Gasteiger partial charge in [0.1, 0.15) is 6.61 Å². The van der Waals surface area contributed by atoms with Gasteiger partial charge in [-0.2, -0.15) is 0 Å². The van der Waals surface area contributed by atoms with E-state index in [1.54, 1.807) is 0 Å². The Labute approximate surface area is 582 Å². The minimum Gasteiger partial charge on any atom is -0.462 e. The molecule has 0 spiro atoms. The van der Waals surface area contributed by atoms with Crippen LogP contribution in [0.2, 0.25) is 0 Å². The number of hydrogen-bond donors (Lipinski definition) is 2. The van der Waals surface area contributed by atoms with Crippen LogP contribution in [0.5, 0.6) is 0 Å². The molecule has 0 aromatic carbocycles.